The maximum atomic E-state index is 11.4. The highest BCUT2D eigenvalue weighted by molar-refractivity contribution is 7.81. The summed E-state index contributed by atoms with van der Waals surface area (Å²) < 4.78 is 73.2. The van der Waals surface area contributed by atoms with Crippen LogP contribution in [-0.2, 0) is 20.8 Å². The molecular weight excluding hydrogens is 412 g/mol. The highest BCUT2D eigenvalue weighted by Crippen LogP contribution is 2.44. The van der Waals surface area contributed by atoms with E-state index in [2.05, 4.69) is 9.97 Å². The van der Waals surface area contributed by atoms with Gasteiger partial charge in [-0.15, -0.1) is 0 Å². The molecule has 2 heterocycles. The molecule has 0 amide bonds. The molecule has 2 aromatic carbocycles. The van der Waals surface area contributed by atoms with Crippen LogP contribution in [0.2, 0.25) is 0 Å². The summed E-state index contributed by atoms with van der Waals surface area (Å²) in [5.41, 5.74) is 0.891. The number of nitrogens with one attached hydrogen (secondary N) is 2. The fourth-order valence-corrected chi connectivity index (χ4v) is 3.74. The maximum Gasteiger partial charge on any atom is 0.446 e. The molecule has 146 valence electrons. The number of benzene rings is 2. The molecule has 0 aliphatic heterocycles. The van der Waals surface area contributed by atoms with Gasteiger partial charge in [0.05, 0.1) is 0 Å². The van der Waals surface area contributed by atoms with Crippen LogP contribution in [0, 0.1) is 0 Å². The Morgan fingerprint density at radius 2 is 1.00 bits per heavy atom. The van der Waals surface area contributed by atoms with E-state index in [1.54, 1.807) is 48.5 Å². The van der Waals surface area contributed by atoms with Crippen LogP contribution in [0.15, 0.2) is 48.5 Å². The molecular formula is C16H12N2O8S2. The average molecular weight is 424 g/mol. The van der Waals surface area contributed by atoms with E-state index in [4.69, 9.17) is 8.37 Å². The first-order valence-corrected chi connectivity index (χ1v) is 10.4. The second-order valence-electron chi connectivity index (χ2n) is 5.77. The van der Waals surface area contributed by atoms with Crippen LogP contribution in [0.3, 0.4) is 0 Å². The van der Waals surface area contributed by atoms with Crippen LogP contribution in [0.25, 0.3) is 33.2 Å². The number of aromatic amines is 2. The third kappa shape index (κ3) is 3.41. The van der Waals surface area contributed by atoms with Gasteiger partial charge in [0, 0.05) is 21.8 Å². The molecule has 2 aromatic heterocycles. The number of hydrogen-bond donors (Lipinski definition) is 4. The van der Waals surface area contributed by atoms with Crippen molar-refractivity contribution in [1.82, 2.24) is 9.97 Å². The van der Waals surface area contributed by atoms with Gasteiger partial charge in [0.25, 0.3) is 0 Å². The van der Waals surface area contributed by atoms with Crippen molar-refractivity contribution < 1.29 is 34.3 Å². The standard InChI is InChI=1S/C16H12N2O8S2/c19-27(20,21)25-15-9-5-1-3-7-11(9)17-13(15)14-16(26-28(22,23)24)10-6-2-4-8-12(10)18-14/h1-8,17-18H,(H,19,20,21)(H,22,23,24). The number of aromatic nitrogens is 2. The molecule has 0 bridgehead atoms. The lowest BCUT2D eigenvalue weighted by Gasteiger charge is -2.06. The van der Waals surface area contributed by atoms with Gasteiger partial charge < -0.3 is 18.3 Å². The summed E-state index contributed by atoms with van der Waals surface area (Å²) in [6.07, 6.45) is 0. The third-order valence-electron chi connectivity index (χ3n) is 3.94. The lowest BCUT2D eigenvalue weighted by molar-refractivity contribution is 0.384. The van der Waals surface area contributed by atoms with Crippen molar-refractivity contribution in [3.05, 3.63) is 48.5 Å². The summed E-state index contributed by atoms with van der Waals surface area (Å²) in [4.78, 5) is 5.80. The van der Waals surface area contributed by atoms with E-state index in [9.17, 15) is 25.9 Å². The lowest BCUT2D eigenvalue weighted by atomic mass is 10.2. The van der Waals surface area contributed by atoms with Crippen molar-refractivity contribution in [2.45, 2.75) is 0 Å². The first-order chi connectivity index (χ1) is 13.1. The highest BCUT2D eigenvalue weighted by atomic mass is 32.3. The largest absolute Gasteiger partial charge is 0.446 e. The van der Waals surface area contributed by atoms with Crippen LogP contribution < -0.4 is 8.37 Å². The van der Waals surface area contributed by atoms with Gasteiger partial charge in [0.15, 0.2) is 11.5 Å². The molecule has 0 spiro atoms. The van der Waals surface area contributed by atoms with Crippen molar-refractivity contribution >= 4 is 42.6 Å². The first-order valence-electron chi connectivity index (χ1n) is 7.68. The number of fused-ring (bicyclic) bond motifs is 2. The normalized spacial score (nSPS) is 12.5. The summed E-state index contributed by atoms with van der Waals surface area (Å²) in [5, 5.41) is 0.623. The predicted octanol–water partition coefficient (Wildman–Crippen LogP) is 2.68. The van der Waals surface area contributed by atoms with Crippen molar-refractivity contribution in [3.63, 3.8) is 0 Å². The fourth-order valence-electron chi connectivity index (χ4n) is 2.97. The van der Waals surface area contributed by atoms with Crippen LogP contribution in [0.5, 0.6) is 11.5 Å². The highest BCUT2D eigenvalue weighted by Gasteiger charge is 2.26. The minimum Gasteiger partial charge on any atom is -0.359 e. The van der Waals surface area contributed by atoms with Gasteiger partial charge in [-0.25, -0.2) is 0 Å². The summed E-state index contributed by atoms with van der Waals surface area (Å²) in [6.45, 7) is 0. The predicted molar refractivity (Wildman–Crippen MR) is 99.9 cm³/mol. The molecule has 0 aliphatic carbocycles. The van der Waals surface area contributed by atoms with E-state index >= 15 is 0 Å². The van der Waals surface area contributed by atoms with E-state index in [1.165, 1.54) is 0 Å². The zero-order valence-electron chi connectivity index (χ0n) is 13.8. The van der Waals surface area contributed by atoms with E-state index in [1.807, 2.05) is 0 Å². The van der Waals surface area contributed by atoms with Gasteiger partial charge in [-0.3, -0.25) is 9.11 Å². The van der Waals surface area contributed by atoms with Crippen molar-refractivity contribution in [1.29, 1.82) is 0 Å². The topological polar surface area (TPSA) is 159 Å². The van der Waals surface area contributed by atoms with E-state index < -0.39 is 20.8 Å². The number of rotatable bonds is 5. The Labute approximate surface area is 158 Å². The van der Waals surface area contributed by atoms with Gasteiger partial charge in [0.2, 0.25) is 0 Å². The Bertz CT molecular complexity index is 1310. The molecule has 0 aliphatic rings. The zero-order chi connectivity index (χ0) is 20.1. The monoisotopic (exact) mass is 424 g/mol. The first kappa shape index (κ1) is 18.3. The summed E-state index contributed by atoms with van der Waals surface area (Å²) in [5.74, 6) is -0.547. The van der Waals surface area contributed by atoms with Crippen molar-refractivity contribution in [2.75, 3.05) is 0 Å². The summed E-state index contributed by atoms with van der Waals surface area (Å²) in [6, 6.07) is 12.9. The molecule has 0 saturated carbocycles. The van der Waals surface area contributed by atoms with Crippen molar-refractivity contribution in [3.8, 4) is 22.9 Å². The molecule has 0 unspecified atom stereocenters. The lowest BCUT2D eigenvalue weighted by Crippen LogP contribution is -2.08. The smallest absolute Gasteiger partial charge is 0.359 e. The second-order valence-corrected chi connectivity index (χ2v) is 7.82. The van der Waals surface area contributed by atoms with Gasteiger partial charge in [0.1, 0.15) is 11.4 Å². The molecule has 12 heteroatoms. The molecule has 28 heavy (non-hydrogen) atoms. The SMILES string of the molecule is O=S(=O)(O)Oc1c(-c2[nH]c3ccccc3c2OS(=O)(=O)O)[nH]c2ccccc12. The van der Waals surface area contributed by atoms with E-state index in [0.29, 0.717) is 21.8 Å². The Kier molecular flexibility index (Phi) is 4.08. The fraction of sp³-hybridized carbons (Fsp3) is 0. The van der Waals surface area contributed by atoms with Crippen molar-refractivity contribution in [2.24, 2.45) is 0 Å². The molecule has 4 aromatic rings. The number of para-hydroxylation sites is 2. The minimum absolute atomic E-state index is 0.00586. The molecule has 0 radical (unpaired) electrons. The molecule has 0 fully saturated rings. The van der Waals surface area contributed by atoms with E-state index in [0.717, 1.165) is 0 Å². The van der Waals surface area contributed by atoms with Gasteiger partial charge in [-0.2, -0.15) is 16.8 Å². The van der Waals surface area contributed by atoms with Gasteiger partial charge in [-0.1, -0.05) is 24.3 Å². The zero-order valence-corrected chi connectivity index (χ0v) is 15.4. The Morgan fingerprint density at radius 1 is 0.643 bits per heavy atom. The Hall–Kier alpha value is -3.06. The van der Waals surface area contributed by atoms with Crippen LogP contribution in [-0.4, -0.2) is 35.9 Å². The third-order valence-corrected chi connectivity index (χ3v) is 4.70. The quantitative estimate of drug-likeness (QED) is 0.356. The average Bonchev–Trinajstić information content (AvgIpc) is 3.11. The molecule has 0 atom stereocenters. The number of hydrogen-bond acceptors (Lipinski definition) is 6. The van der Waals surface area contributed by atoms with E-state index in [-0.39, 0.29) is 22.9 Å². The molecule has 4 N–H and O–H groups in total. The Balaban J connectivity index is 2.07. The van der Waals surface area contributed by atoms with Crippen LogP contribution in [0.4, 0.5) is 0 Å². The van der Waals surface area contributed by atoms with Crippen LogP contribution >= 0.6 is 0 Å². The minimum atomic E-state index is -4.89. The molecule has 10 nitrogen and oxygen atoms in total. The van der Waals surface area contributed by atoms with Crippen LogP contribution in [0.1, 0.15) is 0 Å². The molecule has 0 saturated heterocycles. The maximum absolute atomic E-state index is 11.4. The number of H-pyrrole nitrogens is 2. The summed E-state index contributed by atoms with van der Waals surface area (Å²) >= 11 is 0. The Morgan fingerprint density at radius 3 is 1.36 bits per heavy atom. The summed E-state index contributed by atoms with van der Waals surface area (Å²) in [7, 11) is -9.78. The van der Waals surface area contributed by atoms with Gasteiger partial charge in [-0.05, 0) is 24.3 Å². The second kappa shape index (κ2) is 6.24. The van der Waals surface area contributed by atoms with Gasteiger partial charge >= 0.3 is 20.8 Å². The molecule has 4 rings (SSSR count).